The summed E-state index contributed by atoms with van der Waals surface area (Å²) < 4.78 is 13.6. The number of hydrogen-bond donors (Lipinski definition) is 1. The van der Waals surface area contributed by atoms with Gasteiger partial charge in [0, 0.05) is 26.3 Å². The first kappa shape index (κ1) is 15.8. The van der Waals surface area contributed by atoms with E-state index in [4.69, 9.17) is 0 Å². The van der Waals surface area contributed by atoms with Crippen molar-refractivity contribution < 1.29 is 9.31 Å². The van der Waals surface area contributed by atoms with E-state index in [0.29, 0.717) is 6.54 Å². The number of nitro benzene ring substituents is 1. The maximum Gasteiger partial charge on any atom is 0.327 e. The van der Waals surface area contributed by atoms with Crippen LogP contribution in [0.2, 0.25) is 0 Å². The molecule has 0 aromatic heterocycles. The Kier molecular flexibility index (Phi) is 4.60. The molecule has 0 heterocycles. The summed E-state index contributed by atoms with van der Waals surface area (Å²) in [6.45, 7) is 2.37. The molecule has 0 atom stereocenters. The first-order valence-corrected chi connectivity index (χ1v) is 6.83. The zero-order chi connectivity index (χ0) is 16.3. The van der Waals surface area contributed by atoms with Crippen LogP contribution in [0.4, 0.5) is 21.5 Å². The summed E-state index contributed by atoms with van der Waals surface area (Å²) in [5.74, 6) is -0.838. The highest BCUT2D eigenvalue weighted by Gasteiger charge is 2.19. The number of benzene rings is 2. The van der Waals surface area contributed by atoms with E-state index in [2.05, 4.69) is 5.32 Å². The summed E-state index contributed by atoms with van der Waals surface area (Å²) >= 11 is 0. The minimum atomic E-state index is -0.838. The van der Waals surface area contributed by atoms with Crippen LogP contribution in [0.25, 0.3) is 0 Å². The minimum absolute atomic E-state index is 0.182. The van der Waals surface area contributed by atoms with Gasteiger partial charge in [0.15, 0.2) is 0 Å². The Morgan fingerprint density at radius 2 is 2.00 bits per heavy atom. The van der Waals surface area contributed by atoms with Crippen molar-refractivity contribution in [2.75, 3.05) is 24.3 Å². The molecule has 0 unspecified atom stereocenters. The lowest BCUT2D eigenvalue weighted by molar-refractivity contribution is -0.386. The van der Waals surface area contributed by atoms with Crippen molar-refractivity contribution in [1.29, 1.82) is 0 Å². The van der Waals surface area contributed by atoms with Crippen molar-refractivity contribution in [3.8, 4) is 0 Å². The molecule has 0 aliphatic carbocycles. The molecule has 0 saturated carbocycles. The highest BCUT2D eigenvalue weighted by atomic mass is 19.1. The van der Waals surface area contributed by atoms with Gasteiger partial charge in [0.2, 0.25) is 5.82 Å². The third-order valence-corrected chi connectivity index (χ3v) is 3.48. The summed E-state index contributed by atoms with van der Waals surface area (Å²) in [5.41, 5.74) is 2.81. The van der Waals surface area contributed by atoms with Crippen LogP contribution >= 0.6 is 0 Å². The zero-order valence-electron chi connectivity index (χ0n) is 12.8. The molecule has 2 aromatic rings. The fraction of sp³-hybridized carbons (Fsp3) is 0.250. The van der Waals surface area contributed by atoms with E-state index in [0.717, 1.165) is 22.9 Å². The Labute approximate surface area is 128 Å². The van der Waals surface area contributed by atoms with Gasteiger partial charge in [-0.05, 0) is 42.3 Å². The topological polar surface area (TPSA) is 58.4 Å². The van der Waals surface area contributed by atoms with Crippen LogP contribution < -0.4 is 10.2 Å². The third-order valence-electron chi connectivity index (χ3n) is 3.48. The Balaban J connectivity index is 2.21. The number of hydrogen-bond acceptors (Lipinski definition) is 4. The van der Waals surface area contributed by atoms with Crippen LogP contribution in [0.3, 0.4) is 0 Å². The lowest BCUT2D eigenvalue weighted by atomic mass is 10.1. The highest BCUT2D eigenvalue weighted by molar-refractivity contribution is 5.62. The fourth-order valence-electron chi connectivity index (χ4n) is 2.19. The smallest absolute Gasteiger partial charge is 0.327 e. The van der Waals surface area contributed by atoms with Crippen molar-refractivity contribution in [3.05, 3.63) is 63.5 Å². The van der Waals surface area contributed by atoms with Crippen LogP contribution in [0, 0.1) is 22.9 Å². The second-order valence-corrected chi connectivity index (χ2v) is 5.25. The molecular weight excluding hydrogens is 285 g/mol. The predicted octanol–water partition coefficient (Wildman–Crippen LogP) is 3.72. The van der Waals surface area contributed by atoms with Crippen molar-refractivity contribution in [2.24, 2.45) is 0 Å². The van der Waals surface area contributed by atoms with E-state index in [1.807, 2.05) is 44.1 Å². The summed E-state index contributed by atoms with van der Waals surface area (Å²) in [6, 6.07) is 10.0. The van der Waals surface area contributed by atoms with Gasteiger partial charge in [-0.1, -0.05) is 12.1 Å². The van der Waals surface area contributed by atoms with Gasteiger partial charge in [0.25, 0.3) is 0 Å². The van der Waals surface area contributed by atoms with Gasteiger partial charge in [0.1, 0.15) is 5.69 Å². The quantitative estimate of drug-likeness (QED) is 0.675. The normalized spacial score (nSPS) is 10.4. The van der Waals surface area contributed by atoms with E-state index in [-0.39, 0.29) is 5.69 Å². The Morgan fingerprint density at radius 1 is 1.27 bits per heavy atom. The molecule has 1 N–H and O–H groups in total. The average molecular weight is 303 g/mol. The largest absolute Gasteiger partial charge is 0.378 e. The van der Waals surface area contributed by atoms with Gasteiger partial charge < -0.3 is 10.2 Å². The van der Waals surface area contributed by atoms with Gasteiger partial charge in [-0.15, -0.1) is 0 Å². The van der Waals surface area contributed by atoms with Crippen LogP contribution in [0.5, 0.6) is 0 Å². The highest BCUT2D eigenvalue weighted by Crippen LogP contribution is 2.28. The standard InChI is InChI=1S/C16H18FN3O2/c1-11-9-13(19(2)3)8-7-12(11)10-18-15-6-4-5-14(17)16(15)20(21)22/h4-9,18H,10H2,1-3H3. The van der Waals surface area contributed by atoms with Crippen molar-refractivity contribution >= 4 is 17.1 Å². The molecule has 0 fully saturated rings. The van der Waals surface area contributed by atoms with Crippen LogP contribution in [-0.2, 0) is 6.54 Å². The van der Waals surface area contributed by atoms with Gasteiger partial charge in [-0.3, -0.25) is 10.1 Å². The number of nitro groups is 1. The molecule has 0 amide bonds. The van der Waals surface area contributed by atoms with E-state index >= 15 is 0 Å². The number of para-hydroxylation sites is 1. The lowest BCUT2D eigenvalue weighted by Crippen LogP contribution is -2.10. The van der Waals surface area contributed by atoms with Gasteiger partial charge in [-0.25, -0.2) is 0 Å². The Bertz CT molecular complexity index is 702. The molecule has 5 nitrogen and oxygen atoms in total. The molecule has 0 aliphatic rings. The number of rotatable bonds is 5. The van der Waals surface area contributed by atoms with Crippen molar-refractivity contribution in [2.45, 2.75) is 13.5 Å². The molecule has 0 saturated heterocycles. The summed E-state index contributed by atoms with van der Waals surface area (Å²) in [7, 11) is 3.92. The summed E-state index contributed by atoms with van der Waals surface area (Å²) in [4.78, 5) is 12.3. The van der Waals surface area contributed by atoms with E-state index < -0.39 is 16.4 Å². The van der Waals surface area contributed by atoms with Crippen molar-refractivity contribution in [3.63, 3.8) is 0 Å². The molecule has 22 heavy (non-hydrogen) atoms. The molecule has 0 bridgehead atoms. The van der Waals surface area contributed by atoms with Crippen LogP contribution in [-0.4, -0.2) is 19.0 Å². The molecule has 116 valence electrons. The van der Waals surface area contributed by atoms with Crippen LogP contribution in [0.1, 0.15) is 11.1 Å². The molecule has 0 spiro atoms. The molecular formula is C16H18FN3O2. The first-order chi connectivity index (χ1) is 10.4. The monoisotopic (exact) mass is 303 g/mol. The zero-order valence-corrected chi connectivity index (χ0v) is 12.8. The fourth-order valence-corrected chi connectivity index (χ4v) is 2.19. The maximum absolute atomic E-state index is 13.6. The number of halogens is 1. The third kappa shape index (κ3) is 3.33. The molecule has 2 aromatic carbocycles. The van der Waals surface area contributed by atoms with Crippen molar-refractivity contribution in [1.82, 2.24) is 0 Å². The lowest BCUT2D eigenvalue weighted by Gasteiger charge is -2.15. The van der Waals surface area contributed by atoms with Gasteiger partial charge in [0.05, 0.1) is 4.92 Å². The number of nitrogens with zero attached hydrogens (tertiary/aromatic N) is 2. The first-order valence-electron chi connectivity index (χ1n) is 6.83. The van der Waals surface area contributed by atoms with E-state index in [1.54, 1.807) is 0 Å². The van der Waals surface area contributed by atoms with Gasteiger partial charge >= 0.3 is 5.69 Å². The molecule has 2 rings (SSSR count). The van der Waals surface area contributed by atoms with Crippen LogP contribution in [0.15, 0.2) is 36.4 Å². The van der Waals surface area contributed by atoms with Gasteiger partial charge in [-0.2, -0.15) is 4.39 Å². The molecule has 0 radical (unpaired) electrons. The number of nitrogens with one attached hydrogen (secondary N) is 1. The second-order valence-electron chi connectivity index (χ2n) is 5.25. The molecule has 0 aliphatic heterocycles. The Hall–Kier alpha value is -2.63. The van der Waals surface area contributed by atoms with E-state index in [1.165, 1.54) is 12.1 Å². The molecule has 6 heteroatoms. The van der Waals surface area contributed by atoms with E-state index in [9.17, 15) is 14.5 Å². The maximum atomic E-state index is 13.6. The summed E-state index contributed by atoms with van der Waals surface area (Å²) in [6.07, 6.45) is 0. The Morgan fingerprint density at radius 3 is 2.59 bits per heavy atom. The minimum Gasteiger partial charge on any atom is -0.378 e. The number of anilines is 2. The summed E-state index contributed by atoms with van der Waals surface area (Å²) in [5, 5.41) is 13.9. The predicted molar refractivity (Wildman–Crippen MR) is 85.9 cm³/mol. The number of aryl methyl sites for hydroxylation is 1. The average Bonchev–Trinajstić information content (AvgIpc) is 2.45. The second kappa shape index (κ2) is 6.43. The SMILES string of the molecule is Cc1cc(N(C)C)ccc1CNc1cccc(F)c1[N+](=O)[O-].